The highest BCUT2D eigenvalue weighted by Gasteiger charge is 2.42. The van der Waals surface area contributed by atoms with Gasteiger partial charge in [-0.15, -0.1) is 0 Å². The number of rotatable bonds is 0. The van der Waals surface area contributed by atoms with Gasteiger partial charge in [-0.05, 0) is 46.5 Å². The summed E-state index contributed by atoms with van der Waals surface area (Å²) in [6.07, 6.45) is 2.40. The first-order valence-electron chi connectivity index (χ1n) is 4.81. The largest absolute Gasteiger partial charge is 0.268 e. The van der Waals surface area contributed by atoms with Gasteiger partial charge >= 0.3 is 0 Å². The van der Waals surface area contributed by atoms with E-state index in [-0.39, 0.29) is 11.1 Å². The van der Waals surface area contributed by atoms with Crippen LogP contribution in [-0.2, 0) is 0 Å². The van der Waals surface area contributed by atoms with Crippen molar-refractivity contribution in [3.63, 3.8) is 0 Å². The van der Waals surface area contributed by atoms with Crippen LogP contribution in [0.3, 0.4) is 0 Å². The molecule has 1 rings (SSSR count). The van der Waals surface area contributed by atoms with Crippen molar-refractivity contribution in [2.75, 3.05) is 0 Å². The summed E-state index contributed by atoms with van der Waals surface area (Å²) in [4.78, 5) is 0. The summed E-state index contributed by atoms with van der Waals surface area (Å²) >= 11 is 0. The van der Waals surface area contributed by atoms with Gasteiger partial charge in [0.15, 0.2) is 0 Å². The van der Waals surface area contributed by atoms with E-state index < -0.39 is 0 Å². The van der Waals surface area contributed by atoms with Crippen molar-refractivity contribution in [3.05, 3.63) is 0 Å². The fraction of sp³-hybridized carbons (Fsp3) is 1.00. The molecule has 0 unspecified atom stereocenters. The molecule has 1 heterocycles. The van der Waals surface area contributed by atoms with Crippen molar-refractivity contribution in [2.24, 2.45) is 11.8 Å². The molecule has 0 atom stereocenters. The van der Waals surface area contributed by atoms with Crippen LogP contribution in [0.1, 0.15) is 47.5 Å². The molecule has 0 bridgehead atoms. The van der Waals surface area contributed by atoms with E-state index in [0.29, 0.717) is 0 Å². The zero-order chi connectivity index (χ0) is 9.57. The molecule has 0 aliphatic carbocycles. The van der Waals surface area contributed by atoms with E-state index in [1.54, 1.807) is 0 Å². The normalized spacial score (nSPS) is 30.5. The number of hydrogen-bond donors (Lipinski definition) is 1. The molecule has 12 heavy (non-hydrogen) atoms. The van der Waals surface area contributed by atoms with Crippen LogP contribution >= 0.6 is 0 Å². The second-order valence-corrected chi connectivity index (χ2v) is 5.51. The Kier molecular flexibility index (Phi) is 2.26. The van der Waals surface area contributed by atoms with Crippen molar-refractivity contribution < 1.29 is 0 Å². The maximum Gasteiger partial charge on any atom is 0.0304 e. The van der Waals surface area contributed by atoms with Crippen LogP contribution in [0.25, 0.3) is 0 Å². The van der Waals surface area contributed by atoms with Crippen LogP contribution in [0.15, 0.2) is 0 Å². The van der Waals surface area contributed by atoms with Gasteiger partial charge in [0.1, 0.15) is 0 Å². The first-order chi connectivity index (χ1) is 5.26. The lowest BCUT2D eigenvalue weighted by Crippen LogP contribution is -2.63. The first kappa shape index (κ1) is 10.0. The molecule has 2 heteroatoms. The Morgan fingerprint density at radius 2 is 1.42 bits per heavy atom. The minimum absolute atomic E-state index is 0.154. The predicted octanol–water partition coefficient (Wildman–Crippen LogP) is 2.15. The highest BCUT2D eigenvalue weighted by Crippen LogP contribution is 2.38. The molecular formula is C10H22N2. The Balaban J connectivity index is 2.84. The van der Waals surface area contributed by atoms with Gasteiger partial charge in [0.2, 0.25) is 0 Å². The molecule has 2 N–H and O–H groups in total. The van der Waals surface area contributed by atoms with Gasteiger partial charge in [-0.1, -0.05) is 6.92 Å². The topological polar surface area (TPSA) is 29.3 Å². The zero-order valence-corrected chi connectivity index (χ0v) is 9.02. The molecule has 1 aliphatic heterocycles. The van der Waals surface area contributed by atoms with Gasteiger partial charge < -0.3 is 0 Å². The van der Waals surface area contributed by atoms with Crippen molar-refractivity contribution in [3.8, 4) is 0 Å². The SMILES string of the molecule is CC1CC(C)(C)N(N)C(C)(C)C1. The number of nitrogens with two attached hydrogens (primary N) is 1. The Hall–Kier alpha value is -0.0800. The minimum atomic E-state index is 0.154. The number of nitrogens with zero attached hydrogens (tertiary/aromatic N) is 1. The maximum absolute atomic E-state index is 6.09. The summed E-state index contributed by atoms with van der Waals surface area (Å²) in [6, 6.07) is 0. The Bertz CT molecular complexity index is 155. The molecule has 0 aromatic carbocycles. The second-order valence-electron chi connectivity index (χ2n) is 5.51. The van der Waals surface area contributed by atoms with Crippen LogP contribution in [0.5, 0.6) is 0 Å². The lowest BCUT2D eigenvalue weighted by molar-refractivity contribution is -0.0490. The highest BCUT2D eigenvalue weighted by molar-refractivity contribution is 4.95. The zero-order valence-electron chi connectivity index (χ0n) is 9.02. The fourth-order valence-electron chi connectivity index (χ4n) is 2.79. The van der Waals surface area contributed by atoms with E-state index in [1.807, 2.05) is 5.01 Å². The molecule has 0 aromatic heterocycles. The van der Waals surface area contributed by atoms with Crippen molar-refractivity contribution in [1.82, 2.24) is 5.01 Å². The predicted molar refractivity (Wildman–Crippen MR) is 52.6 cm³/mol. The first-order valence-corrected chi connectivity index (χ1v) is 4.81. The molecule has 72 valence electrons. The van der Waals surface area contributed by atoms with Crippen molar-refractivity contribution >= 4 is 0 Å². The van der Waals surface area contributed by atoms with Crippen molar-refractivity contribution in [2.45, 2.75) is 58.5 Å². The molecule has 0 amide bonds. The summed E-state index contributed by atoms with van der Waals surface area (Å²) in [5.41, 5.74) is 0.308. The average molecular weight is 170 g/mol. The number of hydrogen-bond acceptors (Lipinski definition) is 2. The number of hydrazine groups is 1. The smallest absolute Gasteiger partial charge is 0.0304 e. The quantitative estimate of drug-likeness (QED) is 0.564. The van der Waals surface area contributed by atoms with E-state index in [4.69, 9.17) is 5.84 Å². The maximum atomic E-state index is 6.09. The molecule has 0 spiro atoms. The number of piperidine rings is 1. The summed E-state index contributed by atoms with van der Waals surface area (Å²) in [5.74, 6) is 6.87. The van der Waals surface area contributed by atoms with Gasteiger partial charge in [0, 0.05) is 11.1 Å². The van der Waals surface area contributed by atoms with Gasteiger partial charge in [0.25, 0.3) is 0 Å². The summed E-state index contributed by atoms with van der Waals surface area (Å²) in [7, 11) is 0. The standard InChI is InChI=1S/C10H22N2/c1-8-6-9(2,3)12(11)10(4,5)7-8/h8H,6-7,11H2,1-5H3. The molecular weight excluding hydrogens is 148 g/mol. The van der Waals surface area contributed by atoms with Crippen LogP contribution in [-0.4, -0.2) is 16.1 Å². The molecule has 1 fully saturated rings. The van der Waals surface area contributed by atoms with Gasteiger partial charge in [-0.2, -0.15) is 0 Å². The Morgan fingerprint density at radius 1 is 1.08 bits per heavy atom. The third kappa shape index (κ3) is 1.64. The average Bonchev–Trinajstić information content (AvgIpc) is 1.80. The highest BCUT2D eigenvalue weighted by atomic mass is 15.5. The molecule has 1 saturated heterocycles. The van der Waals surface area contributed by atoms with Crippen LogP contribution < -0.4 is 5.84 Å². The summed E-state index contributed by atoms with van der Waals surface area (Å²) in [5, 5.41) is 2.03. The Labute approximate surface area is 76.1 Å². The van der Waals surface area contributed by atoms with Crippen LogP contribution in [0.4, 0.5) is 0 Å². The monoisotopic (exact) mass is 170 g/mol. The van der Waals surface area contributed by atoms with Crippen LogP contribution in [0, 0.1) is 5.92 Å². The summed E-state index contributed by atoms with van der Waals surface area (Å²) in [6.45, 7) is 11.2. The second kappa shape index (κ2) is 2.71. The molecule has 0 aromatic rings. The van der Waals surface area contributed by atoms with Gasteiger partial charge in [0.05, 0.1) is 0 Å². The van der Waals surface area contributed by atoms with E-state index in [9.17, 15) is 0 Å². The lowest BCUT2D eigenvalue weighted by Gasteiger charge is -2.52. The Morgan fingerprint density at radius 3 is 1.75 bits per heavy atom. The molecule has 0 saturated carbocycles. The molecule has 1 aliphatic rings. The third-order valence-corrected chi connectivity index (χ3v) is 3.00. The summed E-state index contributed by atoms with van der Waals surface area (Å²) < 4.78 is 0. The van der Waals surface area contributed by atoms with E-state index in [1.165, 1.54) is 12.8 Å². The van der Waals surface area contributed by atoms with E-state index >= 15 is 0 Å². The molecule has 0 radical (unpaired) electrons. The van der Waals surface area contributed by atoms with Crippen LogP contribution in [0.2, 0.25) is 0 Å². The molecule has 2 nitrogen and oxygen atoms in total. The lowest BCUT2D eigenvalue weighted by atomic mass is 9.76. The van der Waals surface area contributed by atoms with Gasteiger partial charge in [-0.3, -0.25) is 5.84 Å². The van der Waals surface area contributed by atoms with E-state index in [0.717, 1.165) is 5.92 Å². The van der Waals surface area contributed by atoms with Crippen molar-refractivity contribution in [1.29, 1.82) is 0 Å². The van der Waals surface area contributed by atoms with E-state index in [2.05, 4.69) is 34.6 Å². The van der Waals surface area contributed by atoms with Gasteiger partial charge in [-0.25, -0.2) is 5.01 Å². The minimum Gasteiger partial charge on any atom is -0.268 e. The third-order valence-electron chi connectivity index (χ3n) is 3.00. The fourth-order valence-corrected chi connectivity index (χ4v) is 2.79.